The number of carbonyl (C=O) groups excluding carboxylic acids is 2. The van der Waals surface area contributed by atoms with E-state index in [4.69, 9.17) is 18.6 Å². The van der Waals surface area contributed by atoms with Crippen molar-refractivity contribution in [2.75, 3.05) is 13.2 Å². The summed E-state index contributed by atoms with van der Waals surface area (Å²) in [6, 6.07) is 28.7. The number of rotatable bonds is 10. The van der Waals surface area contributed by atoms with Crippen molar-refractivity contribution < 1.29 is 28.2 Å². The molecule has 0 atom stereocenters. The second-order valence-corrected chi connectivity index (χ2v) is 8.88. The fourth-order valence-electron chi connectivity index (χ4n) is 4.28. The molecule has 0 aliphatic rings. The van der Waals surface area contributed by atoms with E-state index < -0.39 is 5.97 Å². The number of benzene rings is 4. The Labute approximate surface area is 232 Å². The van der Waals surface area contributed by atoms with Gasteiger partial charge in [0, 0.05) is 16.5 Å². The SMILES string of the molecule is CCOc1ccc(C=CC(=O)c2ccc(OC(=O)c3c(-c4ccccc4)oc4ccc(OCC)cc34)cc2)cc1. The number of furan rings is 1. The van der Waals surface area contributed by atoms with Crippen molar-refractivity contribution >= 4 is 28.8 Å². The highest BCUT2D eigenvalue weighted by Crippen LogP contribution is 2.36. The predicted molar refractivity (Wildman–Crippen MR) is 155 cm³/mol. The summed E-state index contributed by atoms with van der Waals surface area (Å²) < 4.78 is 22.9. The quantitative estimate of drug-likeness (QED) is 0.0785. The van der Waals surface area contributed by atoms with Crippen molar-refractivity contribution in [1.29, 1.82) is 0 Å². The van der Waals surface area contributed by atoms with Gasteiger partial charge in [-0.1, -0.05) is 48.5 Å². The van der Waals surface area contributed by atoms with Crippen molar-refractivity contribution in [2.24, 2.45) is 0 Å². The van der Waals surface area contributed by atoms with Gasteiger partial charge in [0.1, 0.15) is 34.2 Å². The van der Waals surface area contributed by atoms with Crippen LogP contribution in [0, 0.1) is 0 Å². The van der Waals surface area contributed by atoms with E-state index in [1.807, 2.05) is 68.4 Å². The summed E-state index contributed by atoms with van der Waals surface area (Å²) in [5, 5.41) is 0.598. The minimum absolute atomic E-state index is 0.164. The van der Waals surface area contributed by atoms with E-state index in [0.717, 1.165) is 16.9 Å². The van der Waals surface area contributed by atoms with E-state index in [9.17, 15) is 9.59 Å². The van der Waals surface area contributed by atoms with Gasteiger partial charge in [-0.2, -0.15) is 0 Å². The number of ketones is 1. The second-order valence-electron chi connectivity index (χ2n) is 8.88. The molecule has 0 aliphatic carbocycles. The first-order valence-corrected chi connectivity index (χ1v) is 13.1. The third kappa shape index (κ3) is 5.97. The predicted octanol–water partition coefficient (Wildman–Crippen LogP) is 8.01. The summed E-state index contributed by atoms with van der Waals surface area (Å²) in [4.78, 5) is 26.2. The molecule has 200 valence electrons. The molecule has 6 heteroatoms. The number of fused-ring (bicyclic) bond motifs is 1. The zero-order chi connectivity index (χ0) is 27.9. The van der Waals surface area contributed by atoms with Gasteiger partial charge >= 0.3 is 5.97 Å². The summed E-state index contributed by atoms with van der Waals surface area (Å²) in [5.74, 6) is 1.41. The van der Waals surface area contributed by atoms with E-state index in [0.29, 0.717) is 52.6 Å². The maximum absolute atomic E-state index is 13.5. The normalized spacial score (nSPS) is 11.1. The van der Waals surface area contributed by atoms with Gasteiger partial charge in [-0.25, -0.2) is 4.79 Å². The average molecular weight is 533 g/mol. The second kappa shape index (κ2) is 12.2. The third-order valence-electron chi connectivity index (χ3n) is 6.18. The number of esters is 1. The van der Waals surface area contributed by atoms with Crippen LogP contribution in [0.5, 0.6) is 17.2 Å². The lowest BCUT2D eigenvalue weighted by molar-refractivity contribution is 0.0737. The van der Waals surface area contributed by atoms with Crippen molar-refractivity contribution in [1.82, 2.24) is 0 Å². The molecule has 6 nitrogen and oxygen atoms in total. The lowest BCUT2D eigenvalue weighted by Crippen LogP contribution is -2.09. The highest BCUT2D eigenvalue weighted by atomic mass is 16.5. The molecule has 1 heterocycles. The molecular weight excluding hydrogens is 504 g/mol. The number of carbonyl (C=O) groups is 2. The lowest BCUT2D eigenvalue weighted by Gasteiger charge is -2.07. The third-order valence-corrected chi connectivity index (χ3v) is 6.18. The summed E-state index contributed by atoms with van der Waals surface area (Å²) >= 11 is 0. The molecule has 0 saturated heterocycles. The zero-order valence-corrected chi connectivity index (χ0v) is 22.3. The first kappa shape index (κ1) is 26.5. The maximum Gasteiger partial charge on any atom is 0.348 e. The van der Waals surface area contributed by atoms with E-state index in [1.165, 1.54) is 6.08 Å². The van der Waals surface area contributed by atoms with Crippen LogP contribution in [0.3, 0.4) is 0 Å². The fourth-order valence-corrected chi connectivity index (χ4v) is 4.28. The van der Waals surface area contributed by atoms with Crippen LogP contribution in [-0.4, -0.2) is 25.0 Å². The van der Waals surface area contributed by atoms with Crippen LogP contribution in [0.1, 0.15) is 40.1 Å². The minimum Gasteiger partial charge on any atom is -0.494 e. The topological polar surface area (TPSA) is 75.0 Å². The Morgan fingerprint density at radius 2 is 1.40 bits per heavy atom. The molecule has 0 radical (unpaired) electrons. The van der Waals surface area contributed by atoms with Crippen LogP contribution in [-0.2, 0) is 0 Å². The van der Waals surface area contributed by atoms with Gasteiger partial charge < -0.3 is 18.6 Å². The molecule has 4 aromatic carbocycles. The van der Waals surface area contributed by atoms with E-state index in [-0.39, 0.29) is 5.78 Å². The Balaban J connectivity index is 1.36. The van der Waals surface area contributed by atoms with Crippen molar-refractivity contribution in [3.63, 3.8) is 0 Å². The molecule has 0 N–H and O–H groups in total. The Morgan fingerprint density at radius 1 is 0.750 bits per heavy atom. The van der Waals surface area contributed by atoms with E-state index in [2.05, 4.69) is 0 Å². The first-order chi connectivity index (χ1) is 19.6. The zero-order valence-electron chi connectivity index (χ0n) is 22.3. The van der Waals surface area contributed by atoms with Crippen molar-refractivity contribution in [2.45, 2.75) is 13.8 Å². The van der Waals surface area contributed by atoms with Crippen molar-refractivity contribution in [3.8, 4) is 28.6 Å². The molecule has 0 saturated carbocycles. The van der Waals surface area contributed by atoms with Crippen molar-refractivity contribution in [3.05, 3.63) is 120 Å². The maximum atomic E-state index is 13.5. The van der Waals surface area contributed by atoms with Gasteiger partial charge in [0.15, 0.2) is 5.78 Å². The number of hydrogen-bond acceptors (Lipinski definition) is 6. The van der Waals surface area contributed by atoms with Crippen LogP contribution >= 0.6 is 0 Å². The Hall–Kier alpha value is -5.10. The number of allylic oxidation sites excluding steroid dienone is 1. The summed E-state index contributed by atoms with van der Waals surface area (Å²) in [6.07, 6.45) is 3.26. The Morgan fingerprint density at radius 3 is 2.10 bits per heavy atom. The smallest absolute Gasteiger partial charge is 0.348 e. The Kier molecular flexibility index (Phi) is 8.07. The minimum atomic E-state index is -0.569. The van der Waals surface area contributed by atoms with Gasteiger partial charge in [-0.3, -0.25) is 4.79 Å². The summed E-state index contributed by atoms with van der Waals surface area (Å²) in [6.45, 7) is 4.92. The summed E-state index contributed by atoms with van der Waals surface area (Å²) in [5.41, 5.74) is 2.97. The number of hydrogen-bond donors (Lipinski definition) is 0. The fraction of sp³-hybridized carbons (Fsp3) is 0.118. The Bertz CT molecular complexity index is 1650. The van der Waals surface area contributed by atoms with Crippen LogP contribution in [0.2, 0.25) is 0 Å². The van der Waals surface area contributed by atoms with Gasteiger partial charge in [0.25, 0.3) is 0 Å². The average Bonchev–Trinajstić information content (AvgIpc) is 3.37. The molecule has 0 spiro atoms. The molecule has 0 bridgehead atoms. The van der Waals surface area contributed by atoms with Gasteiger partial charge in [-0.05, 0) is 80.1 Å². The molecule has 0 unspecified atom stereocenters. The standard InChI is InChI=1S/C34H28O6/c1-3-37-26-15-10-23(11-16-26)12-20-30(35)24-13-17-27(18-14-24)39-34(36)32-29-22-28(38-4-2)19-21-31(29)40-33(32)25-8-6-5-7-9-25/h5-22H,3-4H2,1-2H3. The monoisotopic (exact) mass is 532 g/mol. The van der Waals surface area contributed by atoms with Crippen LogP contribution in [0.25, 0.3) is 28.4 Å². The summed E-state index contributed by atoms with van der Waals surface area (Å²) in [7, 11) is 0. The molecule has 0 aliphatic heterocycles. The van der Waals surface area contributed by atoms with Crippen LogP contribution in [0.15, 0.2) is 108 Å². The highest BCUT2D eigenvalue weighted by molar-refractivity contribution is 6.10. The molecule has 1 aromatic heterocycles. The molecule has 0 fully saturated rings. The van der Waals surface area contributed by atoms with E-state index >= 15 is 0 Å². The van der Waals surface area contributed by atoms with Gasteiger partial charge in [0.05, 0.1) is 13.2 Å². The molecule has 40 heavy (non-hydrogen) atoms. The molecule has 5 aromatic rings. The molecule has 0 amide bonds. The van der Waals surface area contributed by atoms with Crippen LogP contribution < -0.4 is 14.2 Å². The molecule has 5 rings (SSSR count). The largest absolute Gasteiger partial charge is 0.494 e. The van der Waals surface area contributed by atoms with Crippen LogP contribution in [0.4, 0.5) is 0 Å². The highest BCUT2D eigenvalue weighted by Gasteiger charge is 2.24. The first-order valence-electron chi connectivity index (χ1n) is 13.1. The molecular formula is C34H28O6. The lowest BCUT2D eigenvalue weighted by atomic mass is 10.1. The van der Waals surface area contributed by atoms with E-state index in [1.54, 1.807) is 48.5 Å². The van der Waals surface area contributed by atoms with Gasteiger partial charge in [0.2, 0.25) is 0 Å². The number of ether oxygens (including phenoxy) is 3. The van der Waals surface area contributed by atoms with Gasteiger partial charge in [-0.15, -0.1) is 0 Å².